The largest absolute Gasteiger partial charge is 0.461 e. The van der Waals surface area contributed by atoms with Gasteiger partial charge in [-0.1, -0.05) is 30.3 Å². The first-order chi connectivity index (χ1) is 9.20. The zero-order valence-corrected chi connectivity index (χ0v) is 11.3. The first kappa shape index (κ1) is 13.3. The van der Waals surface area contributed by atoms with Crippen molar-refractivity contribution in [3.8, 4) is 10.6 Å². The van der Waals surface area contributed by atoms with E-state index in [4.69, 9.17) is 10.5 Å². The second-order valence-corrected chi connectivity index (χ2v) is 4.82. The molecule has 0 spiro atoms. The van der Waals surface area contributed by atoms with Gasteiger partial charge in [0, 0.05) is 16.6 Å². The van der Waals surface area contributed by atoms with E-state index in [1.165, 1.54) is 11.3 Å². The fourth-order valence-electron chi connectivity index (χ4n) is 1.49. The average molecular weight is 274 g/mol. The molecule has 0 radical (unpaired) electrons. The number of esters is 1. The summed E-state index contributed by atoms with van der Waals surface area (Å²) >= 11 is 1.47. The number of benzene rings is 1. The zero-order chi connectivity index (χ0) is 13.7. The van der Waals surface area contributed by atoms with Gasteiger partial charge in [-0.05, 0) is 13.0 Å². The highest BCUT2D eigenvalue weighted by Crippen LogP contribution is 2.25. The van der Waals surface area contributed by atoms with Crippen LogP contribution in [0.4, 0.5) is 0 Å². The molecule has 5 heteroatoms. The predicted octanol–water partition coefficient (Wildman–Crippen LogP) is 2.67. The van der Waals surface area contributed by atoms with Crippen molar-refractivity contribution in [1.29, 1.82) is 0 Å². The Bertz CT molecular complexity index is 591. The molecule has 1 heterocycles. The van der Waals surface area contributed by atoms with E-state index in [0.717, 1.165) is 15.4 Å². The molecule has 0 aliphatic heterocycles. The lowest BCUT2D eigenvalue weighted by Gasteiger charge is -1.99. The van der Waals surface area contributed by atoms with Gasteiger partial charge < -0.3 is 10.5 Å². The van der Waals surface area contributed by atoms with Crippen LogP contribution >= 0.6 is 11.3 Å². The minimum atomic E-state index is -0.503. The van der Waals surface area contributed by atoms with E-state index in [2.05, 4.69) is 4.98 Å². The molecule has 0 saturated heterocycles. The van der Waals surface area contributed by atoms with E-state index in [0.29, 0.717) is 6.61 Å². The van der Waals surface area contributed by atoms with Gasteiger partial charge in [0.05, 0.1) is 6.61 Å². The monoisotopic (exact) mass is 274 g/mol. The minimum Gasteiger partial charge on any atom is -0.461 e. The highest BCUT2D eigenvalue weighted by Gasteiger charge is 2.08. The third-order valence-corrected chi connectivity index (χ3v) is 3.35. The fraction of sp³-hybridized carbons (Fsp3) is 0.143. The van der Waals surface area contributed by atoms with E-state index in [9.17, 15) is 4.79 Å². The minimum absolute atomic E-state index is 0.0881. The first-order valence-electron chi connectivity index (χ1n) is 5.86. The number of rotatable bonds is 4. The topological polar surface area (TPSA) is 65.2 Å². The molecule has 0 fully saturated rings. The molecule has 0 aliphatic rings. The van der Waals surface area contributed by atoms with Gasteiger partial charge in [-0.25, -0.2) is 9.78 Å². The molecule has 0 saturated carbocycles. The number of thiazole rings is 1. The maximum absolute atomic E-state index is 11.4. The van der Waals surface area contributed by atoms with Gasteiger partial charge >= 0.3 is 5.97 Å². The number of ether oxygens (including phenoxy) is 1. The van der Waals surface area contributed by atoms with Crippen molar-refractivity contribution in [3.63, 3.8) is 0 Å². The number of hydrogen-bond acceptors (Lipinski definition) is 5. The van der Waals surface area contributed by atoms with E-state index in [1.807, 2.05) is 30.3 Å². The first-order valence-corrected chi connectivity index (χ1v) is 6.68. The molecule has 2 N–H and O–H groups in total. The maximum atomic E-state index is 11.4. The van der Waals surface area contributed by atoms with Crippen LogP contribution in [0.3, 0.4) is 0 Å². The third-order valence-electron chi connectivity index (χ3n) is 2.35. The van der Waals surface area contributed by atoms with Gasteiger partial charge in [0.15, 0.2) is 0 Å². The maximum Gasteiger partial charge on any atom is 0.354 e. The molecule has 1 aromatic heterocycles. The van der Waals surface area contributed by atoms with Gasteiger partial charge in [0.25, 0.3) is 0 Å². The van der Waals surface area contributed by atoms with Crippen molar-refractivity contribution in [3.05, 3.63) is 47.1 Å². The number of carbonyl (C=O) groups is 1. The van der Waals surface area contributed by atoms with E-state index >= 15 is 0 Å². The van der Waals surface area contributed by atoms with Crippen LogP contribution in [0, 0.1) is 0 Å². The smallest absolute Gasteiger partial charge is 0.354 e. The Labute approximate surface area is 115 Å². The highest BCUT2D eigenvalue weighted by molar-refractivity contribution is 7.15. The van der Waals surface area contributed by atoms with Crippen molar-refractivity contribution < 1.29 is 9.53 Å². The Morgan fingerprint density at radius 3 is 2.84 bits per heavy atom. The SMILES string of the molecule is CCOC(=O)/C(N)=C/c1cnc(-c2ccccc2)s1. The standard InChI is InChI=1S/C14H14N2O2S/c1-2-18-14(17)12(15)8-11-9-16-13(19-11)10-6-4-3-5-7-10/h3-9H,2,15H2,1H3/b12-8-. The molecule has 2 rings (SSSR count). The van der Waals surface area contributed by atoms with Crippen molar-refractivity contribution >= 4 is 23.4 Å². The third kappa shape index (κ3) is 3.42. The van der Waals surface area contributed by atoms with Crippen molar-refractivity contribution in [2.45, 2.75) is 6.92 Å². The quantitative estimate of drug-likeness (QED) is 0.687. The van der Waals surface area contributed by atoms with Crippen LogP contribution in [0.5, 0.6) is 0 Å². The summed E-state index contributed by atoms with van der Waals surface area (Å²) in [5.41, 5.74) is 6.78. The summed E-state index contributed by atoms with van der Waals surface area (Å²) in [6, 6.07) is 9.84. The highest BCUT2D eigenvalue weighted by atomic mass is 32.1. The Hall–Kier alpha value is -2.14. The summed E-state index contributed by atoms with van der Waals surface area (Å²) in [6.45, 7) is 2.05. The molecule has 0 bridgehead atoms. The van der Waals surface area contributed by atoms with Crippen LogP contribution in [0.25, 0.3) is 16.6 Å². The average Bonchev–Trinajstić information content (AvgIpc) is 2.88. The lowest BCUT2D eigenvalue weighted by molar-refractivity contribution is -0.138. The van der Waals surface area contributed by atoms with Crippen LogP contribution in [0.2, 0.25) is 0 Å². The summed E-state index contributed by atoms with van der Waals surface area (Å²) in [7, 11) is 0. The van der Waals surface area contributed by atoms with Gasteiger partial charge in [0.1, 0.15) is 10.7 Å². The number of nitrogens with zero attached hydrogens (tertiary/aromatic N) is 1. The predicted molar refractivity (Wildman–Crippen MR) is 76.3 cm³/mol. The van der Waals surface area contributed by atoms with E-state index < -0.39 is 5.97 Å². The Kier molecular flexibility index (Phi) is 4.30. The summed E-state index contributed by atoms with van der Waals surface area (Å²) in [6.07, 6.45) is 3.28. The summed E-state index contributed by atoms with van der Waals surface area (Å²) in [4.78, 5) is 16.5. The van der Waals surface area contributed by atoms with Crippen LogP contribution in [-0.4, -0.2) is 17.6 Å². The van der Waals surface area contributed by atoms with Gasteiger partial charge in [-0.15, -0.1) is 11.3 Å². The number of carbonyl (C=O) groups excluding carboxylic acids is 1. The van der Waals surface area contributed by atoms with Crippen molar-refractivity contribution in [1.82, 2.24) is 4.98 Å². The van der Waals surface area contributed by atoms with Crippen LogP contribution in [0.15, 0.2) is 42.2 Å². The normalized spacial score (nSPS) is 11.3. The molecule has 0 amide bonds. The van der Waals surface area contributed by atoms with Crippen LogP contribution in [-0.2, 0) is 9.53 Å². The van der Waals surface area contributed by atoms with Crippen LogP contribution < -0.4 is 5.73 Å². The second kappa shape index (κ2) is 6.15. The molecular formula is C14H14N2O2S. The lowest BCUT2D eigenvalue weighted by atomic mass is 10.2. The molecule has 0 unspecified atom stereocenters. The number of aromatic nitrogens is 1. The summed E-state index contributed by atoms with van der Waals surface area (Å²) < 4.78 is 4.82. The second-order valence-electron chi connectivity index (χ2n) is 3.75. The molecule has 1 aromatic carbocycles. The molecular weight excluding hydrogens is 260 g/mol. The van der Waals surface area contributed by atoms with Gasteiger partial charge in [-0.2, -0.15) is 0 Å². The molecule has 98 valence electrons. The Balaban J connectivity index is 2.18. The molecule has 0 aliphatic carbocycles. The zero-order valence-electron chi connectivity index (χ0n) is 10.5. The van der Waals surface area contributed by atoms with Crippen molar-refractivity contribution in [2.24, 2.45) is 5.73 Å². The molecule has 2 aromatic rings. The number of hydrogen-bond donors (Lipinski definition) is 1. The fourth-order valence-corrected chi connectivity index (χ4v) is 2.37. The Morgan fingerprint density at radius 1 is 1.42 bits per heavy atom. The van der Waals surface area contributed by atoms with Crippen LogP contribution in [0.1, 0.15) is 11.8 Å². The van der Waals surface area contributed by atoms with Gasteiger partial charge in [-0.3, -0.25) is 0 Å². The van der Waals surface area contributed by atoms with E-state index in [-0.39, 0.29) is 5.70 Å². The molecule has 4 nitrogen and oxygen atoms in total. The molecule has 0 atom stereocenters. The number of nitrogens with two attached hydrogens (primary N) is 1. The Morgan fingerprint density at radius 2 is 2.16 bits per heavy atom. The molecule has 19 heavy (non-hydrogen) atoms. The van der Waals surface area contributed by atoms with Gasteiger partial charge in [0.2, 0.25) is 0 Å². The summed E-state index contributed by atoms with van der Waals surface area (Å²) in [5, 5.41) is 0.892. The summed E-state index contributed by atoms with van der Waals surface area (Å²) in [5.74, 6) is -0.503. The van der Waals surface area contributed by atoms with E-state index in [1.54, 1.807) is 19.2 Å². The van der Waals surface area contributed by atoms with Crippen molar-refractivity contribution in [2.75, 3.05) is 6.61 Å². The lowest BCUT2D eigenvalue weighted by Crippen LogP contribution is -2.14.